The molecule has 4 heteroatoms. The highest BCUT2D eigenvalue weighted by Crippen LogP contribution is 2.32. The van der Waals surface area contributed by atoms with Crippen molar-refractivity contribution in [2.24, 2.45) is 5.92 Å². The number of halogens is 2. The van der Waals surface area contributed by atoms with Crippen LogP contribution in [0.1, 0.15) is 51.1 Å². The van der Waals surface area contributed by atoms with Gasteiger partial charge in [0, 0.05) is 18.2 Å². The maximum absolute atomic E-state index is 13.7. The van der Waals surface area contributed by atoms with Gasteiger partial charge < -0.3 is 10.4 Å². The van der Waals surface area contributed by atoms with Gasteiger partial charge in [-0.25, -0.2) is 8.78 Å². The van der Waals surface area contributed by atoms with E-state index in [0.717, 1.165) is 25.7 Å². The largest absolute Gasteiger partial charge is 0.389 e. The molecule has 1 aliphatic rings. The summed E-state index contributed by atoms with van der Waals surface area (Å²) in [5.74, 6) is -0.444. The monoisotopic (exact) mass is 283 g/mol. The molecule has 0 aliphatic heterocycles. The van der Waals surface area contributed by atoms with Crippen LogP contribution in [-0.4, -0.2) is 17.3 Å². The molecule has 2 nitrogen and oxygen atoms in total. The third-order valence-electron chi connectivity index (χ3n) is 4.38. The van der Waals surface area contributed by atoms with Gasteiger partial charge >= 0.3 is 0 Å². The van der Waals surface area contributed by atoms with E-state index >= 15 is 0 Å². The second-order valence-corrected chi connectivity index (χ2v) is 6.14. The fourth-order valence-electron chi connectivity index (χ4n) is 2.85. The Hall–Kier alpha value is -1.00. The van der Waals surface area contributed by atoms with E-state index in [1.165, 1.54) is 18.2 Å². The van der Waals surface area contributed by atoms with E-state index in [1.807, 2.05) is 0 Å². The van der Waals surface area contributed by atoms with Gasteiger partial charge in [0.1, 0.15) is 11.6 Å². The molecule has 1 unspecified atom stereocenters. The van der Waals surface area contributed by atoms with Crippen LogP contribution in [0.3, 0.4) is 0 Å². The van der Waals surface area contributed by atoms with Gasteiger partial charge in [-0.05, 0) is 50.7 Å². The predicted octanol–water partition coefficient (Wildman–Crippen LogP) is 3.56. The van der Waals surface area contributed by atoms with Crippen molar-refractivity contribution in [3.05, 3.63) is 35.4 Å². The lowest BCUT2D eigenvalue weighted by Crippen LogP contribution is -2.44. The molecule has 0 radical (unpaired) electrons. The Morgan fingerprint density at radius 2 is 1.85 bits per heavy atom. The summed E-state index contributed by atoms with van der Waals surface area (Å²) in [5, 5.41) is 13.5. The maximum Gasteiger partial charge on any atom is 0.130 e. The Morgan fingerprint density at radius 1 is 1.30 bits per heavy atom. The van der Waals surface area contributed by atoms with Gasteiger partial charge in [-0.15, -0.1) is 0 Å². The minimum atomic E-state index is -0.748. The Labute approximate surface area is 119 Å². The summed E-state index contributed by atoms with van der Waals surface area (Å²) in [6.45, 7) is 4.27. The first kappa shape index (κ1) is 15.4. The van der Waals surface area contributed by atoms with Gasteiger partial charge in [-0.2, -0.15) is 0 Å². The lowest BCUT2D eigenvalue weighted by molar-refractivity contribution is -0.00798. The minimum absolute atomic E-state index is 0.0419. The predicted molar refractivity (Wildman–Crippen MR) is 75.4 cm³/mol. The van der Waals surface area contributed by atoms with E-state index < -0.39 is 23.3 Å². The van der Waals surface area contributed by atoms with E-state index in [1.54, 1.807) is 6.92 Å². The smallest absolute Gasteiger partial charge is 0.130 e. The van der Waals surface area contributed by atoms with Gasteiger partial charge in [0.25, 0.3) is 0 Å². The standard InChI is InChI=1S/C16H23F2NO/c1-11-6-8-16(20,9-7-11)10-19-12(2)15-13(17)4-3-5-14(15)18/h3-5,11-12,19-20H,6-10H2,1-2H3. The van der Waals surface area contributed by atoms with Crippen LogP contribution in [0.4, 0.5) is 8.78 Å². The first-order valence-electron chi connectivity index (χ1n) is 7.31. The first-order valence-corrected chi connectivity index (χ1v) is 7.31. The van der Waals surface area contributed by atoms with Crippen LogP contribution in [-0.2, 0) is 0 Å². The van der Waals surface area contributed by atoms with Gasteiger partial charge in [0.15, 0.2) is 0 Å². The Bertz CT molecular complexity index is 436. The Morgan fingerprint density at radius 3 is 2.40 bits per heavy atom. The van der Waals surface area contributed by atoms with Crippen molar-refractivity contribution < 1.29 is 13.9 Å². The second kappa shape index (κ2) is 6.19. The average molecular weight is 283 g/mol. The van der Waals surface area contributed by atoms with E-state index in [0.29, 0.717) is 12.5 Å². The van der Waals surface area contributed by atoms with Crippen LogP contribution < -0.4 is 5.32 Å². The minimum Gasteiger partial charge on any atom is -0.389 e. The zero-order valence-corrected chi connectivity index (χ0v) is 12.1. The second-order valence-electron chi connectivity index (χ2n) is 6.14. The summed E-state index contributed by atoms with van der Waals surface area (Å²) < 4.78 is 27.3. The molecule has 112 valence electrons. The summed E-state index contributed by atoms with van der Waals surface area (Å²) in [6, 6.07) is 3.41. The molecule has 0 saturated heterocycles. The van der Waals surface area contributed by atoms with Crippen LogP contribution in [0.2, 0.25) is 0 Å². The average Bonchev–Trinajstić information content (AvgIpc) is 2.40. The van der Waals surface area contributed by atoms with Crippen molar-refractivity contribution in [3.63, 3.8) is 0 Å². The molecule has 1 aromatic carbocycles. The summed E-state index contributed by atoms with van der Waals surface area (Å²) >= 11 is 0. The SMILES string of the molecule is CC1CCC(O)(CNC(C)c2c(F)cccc2F)CC1. The van der Waals surface area contributed by atoms with E-state index in [9.17, 15) is 13.9 Å². The van der Waals surface area contributed by atoms with Crippen molar-refractivity contribution in [2.45, 2.75) is 51.2 Å². The molecule has 0 heterocycles. The molecular formula is C16H23F2NO. The summed E-state index contributed by atoms with van der Waals surface area (Å²) in [7, 11) is 0. The zero-order valence-electron chi connectivity index (χ0n) is 12.1. The van der Waals surface area contributed by atoms with E-state index in [-0.39, 0.29) is 5.56 Å². The molecule has 1 atom stereocenters. The van der Waals surface area contributed by atoms with Gasteiger partial charge in [-0.1, -0.05) is 13.0 Å². The highest BCUT2D eigenvalue weighted by Gasteiger charge is 2.32. The van der Waals surface area contributed by atoms with E-state index in [2.05, 4.69) is 12.2 Å². The van der Waals surface area contributed by atoms with Crippen LogP contribution in [0, 0.1) is 17.6 Å². The van der Waals surface area contributed by atoms with Gasteiger partial charge in [-0.3, -0.25) is 0 Å². The maximum atomic E-state index is 13.7. The highest BCUT2D eigenvalue weighted by molar-refractivity contribution is 5.22. The van der Waals surface area contributed by atoms with Crippen molar-refractivity contribution >= 4 is 0 Å². The van der Waals surface area contributed by atoms with Crippen molar-refractivity contribution in [3.8, 4) is 0 Å². The number of rotatable bonds is 4. The zero-order chi connectivity index (χ0) is 14.8. The van der Waals surface area contributed by atoms with Crippen LogP contribution in [0.15, 0.2) is 18.2 Å². The molecule has 0 amide bonds. The lowest BCUT2D eigenvalue weighted by atomic mass is 9.79. The summed E-state index contributed by atoms with van der Waals surface area (Å²) in [6.07, 6.45) is 3.49. The normalized spacial score (nSPS) is 28.4. The molecule has 2 rings (SSSR count). The molecule has 1 saturated carbocycles. The lowest BCUT2D eigenvalue weighted by Gasteiger charge is -2.36. The molecule has 2 N–H and O–H groups in total. The fourth-order valence-corrected chi connectivity index (χ4v) is 2.85. The highest BCUT2D eigenvalue weighted by atomic mass is 19.1. The molecule has 1 aliphatic carbocycles. The molecule has 0 spiro atoms. The number of benzene rings is 1. The van der Waals surface area contributed by atoms with E-state index in [4.69, 9.17) is 0 Å². The molecule has 0 aromatic heterocycles. The number of aliphatic hydroxyl groups is 1. The molecular weight excluding hydrogens is 260 g/mol. The topological polar surface area (TPSA) is 32.3 Å². The molecule has 1 fully saturated rings. The third-order valence-corrected chi connectivity index (χ3v) is 4.38. The molecule has 1 aromatic rings. The fraction of sp³-hybridized carbons (Fsp3) is 0.625. The van der Waals surface area contributed by atoms with Crippen LogP contribution in [0.5, 0.6) is 0 Å². The van der Waals surface area contributed by atoms with Crippen molar-refractivity contribution in [1.82, 2.24) is 5.32 Å². The molecule has 20 heavy (non-hydrogen) atoms. The number of hydrogen-bond donors (Lipinski definition) is 2. The van der Waals surface area contributed by atoms with Gasteiger partial charge in [0.2, 0.25) is 0 Å². The van der Waals surface area contributed by atoms with Crippen LogP contribution >= 0.6 is 0 Å². The first-order chi connectivity index (χ1) is 9.41. The van der Waals surface area contributed by atoms with Crippen LogP contribution in [0.25, 0.3) is 0 Å². The van der Waals surface area contributed by atoms with Gasteiger partial charge in [0.05, 0.1) is 5.60 Å². The van der Waals surface area contributed by atoms with Crippen molar-refractivity contribution in [2.75, 3.05) is 6.54 Å². The third kappa shape index (κ3) is 3.55. The van der Waals surface area contributed by atoms with Crippen molar-refractivity contribution in [1.29, 1.82) is 0 Å². The molecule has 0 bridgehead atoms. The Balaban J connectivity index is 1.97. The quantitative estimate of drug-likeness (QED) is 0.885. The summed E-state index contributed by atoms with van der Waals surface area (Å²) in [4.78, 5) is 0. The number of nitrogens with one attached hydrogen (secondary N) is 1. The number of hydrogen-bond acceptors (Lipinski definition) is 2. The summed E-state index contributed by atoms with van der Waals surface area (Å²) in [5.41, 5.74) is -0.706. The Kier molecular flexibility index (Phi) is 4.76.